The minimum atomic E-state index is -0.0586. The quantitative estimate of drug-likeness (QED) is 0.853. The van der Waals surface area contributed by atoms with E-state index in [9.17, 15) is 4.79 Å². The summed E-state index contributed by atoms with van der Waals surface area (Å²) in [5.74, 6) is 0.102. The number of amides is 1. The Morgan fingerprint density at radius 1 is 1.45 bits per heavy atom. The first-order chi connectivity index (χ1) is 9.74. The molecule has 20 heavy (non-hydrogen) atoms. The normalized spacial score (nSPS) is 19.1. The molecule has 3 heterocycles. The summed E-state index contributed by atoms with van der Waals surface area (Å²) >= 11 is 1.51. The van der Waals surface area contributed by atoms with Crippen molar-refractivity contribution in [3.63, 3.8) is 0 Å². The maximum Gasteiger partial charge on any atom is 0.264 e. The molecule has 0 N–H and O–H groups in total. The number of hydrogen-bond acceptors (Lipinski definition) is 4. The van der Waals surface area contributed by atoms with Gasteiger partial charge in [-0.2, -0.15) is 0 Å². The molecule has 0 radical (unpaired) electrons. The lowest BCUT2D eigenvalue weighted by Gasteiger charge is -2.32. The van der Waals surface area contributed by atoms with Crippen molar-refractivity contribution < 1.29 is 9.53 Å². The molecule has 1 saturated heterocycles. The van der Waals surface area contributed by atoms with E-state index in [4.69, 9.17) is 4.74 Å². The second-order valence-electron chi connectivity index (χ2n) is 4.88. The number of thiophene rings is 1. The van der Waals surface area contributed by atoms with Gasteiger partial charge in [-0.15, -0.1) is 11.3 Å². The molecule has 3 rings (SSSR count). The fraction of sp³-hybridized carbons (Fsp3) is 0.333. The first-order valence-corrected chi connectivity index (χ1v) is 7.48. The Balaban J connectivity index is 1.74. The minimum absolute atomic E-state index is 0.0586. The summed E-state index contributed by atoms with van der Waals surface area (Å²) in [6, 6.07) is 5.83. The van der Waals surface area contributed by atoms with Crippen LogP contribution in [-0.4, -0.2) is 35.5 Å². The number of hydrogen-bond donors (Lipinski definition) is 0. The number of pyridine rings is 1. The van der Waals surface area contributed by atoms with Crippen molar-refractivity contribution in [3.05, 3.63) is 52.0 Å². The van der Waals surface area contributed by atoms with Gasteiger partial charge in [0.25, 0.3) is 5.91 Å². The molecule has 104 valence electrons. The first kappa shape index (κ1) is 13.3. The molecule has 0 bridgehead atoms. The third kappa shape index (κ3) is 2.73. The molecule has 0 aliphatic carbocycles. The zero-order valence-corrected chi connectivity index (χ0v) is 12.1. The Morgan fingerprint density at radius 2 is 2.25 bits per heavy atom. The predicted octanol–water partition coefficient (Wildman–Crippen LogP) is 2.67. The maximum atomic E-state index is 12.5. The number of aryl methyl sites for hydroxylation is 1. The second-order valence-corrected chi connectivity index (χ2v) is 5.79. The van der Waals surface area contributed by atoms with Crippen molar-refractivity contribution in [2.75, 3.05) is 19.7 Å². The van der Waals surface area contributed by atoms with Crippen LogP contribution in [0, 0.1) is 6.92 Å². The van der Waals surface area contributed by atoms with Crippen molar-refractivity contribution in [3.8, 4) is 0 Å². The lowest BCUT2D eigenvalue weighted by Crippen LogP contribution is -2.42. The molecule has 2 aromatic heterocycles. The molecule has 1 atom stereocenters. The van der Waals surface area contributed by atoms with Crippen LogP contribution in [0.1, 0.15) is 26.9 Å². The number of aromatic nitrogens is 1. The van der Waals surface area contributed by atoms with E-state index in [-0.39, 0.29) is 12.0 Å². The average Bonchev–Trinajstić information content (AvgIpc) is 2.94. The summed E-state index contributed by atoms with van der Waals surface area (Å²) in [5, 5.41) is 2.01. The first-order valence-electron chi connectivity index (χ1n) is 6.60. The van der Waals surface area contributed by atoms with Gasteiger partial charge in [-0.1, -0.05) is 0 Å². The second kappa shape index (κ2) is 5.73. The summed E-state index contributed by atoms with van der Waals surface area (Å²) in [6.07, 6.45) is 3.45. The monoisotopic (exact) mass is 288 g/mol. The smallest absolute Gasteiger partial charge is 0.264 e. The van der Waals surface area contributed by atoms with Gasteiger partial charge in [-0.05, 0) is 41.6 Å². The molecular formula is C15H16N2O2S. The van der Waals surface area contributed by atoms with Crippen LogP contribution in [0.3, 0.4) is 0 Å². The van der Waals surface area contributed by atoms with Crippen molar-refractivity contribution >= 4 is 17.2 Å². The molecule has 4 nitrogen and oxygen atoms in total. The van der Waals surface area contributed by atoms with Gasteiger partial charge in [0, 0.05) is 18.9 Å². The van der Waals surface area contributed by atoms with Crippen LogP contribution < -0.4 is 0 Å². The largest absolute Gasteiger partial charge is 0.370 e. The van der Waals surface area contributed by atoms with E-state index in [1.54, 1.807) is 12.4 Å². The standard InChI is InChI=1S/C15H16N2O2S/c1-11-8-14(20-10-11)15(18)17-6-7-19-13(9-17)12-2-4-16-5-3-12/h2-5,8,10,13H,6-7,9H2,1H3/t13-/m1/s1. The molecule has 5 heteroatoms. The number of rotatable bonds is 2. The number of carbonyl (C=O) groups is 1. The van der Waals surface area contributed by atoms with E-state index in [0.29, 0.717) is 19.7 Å². The van der Waals surface area contributed by atoms with Crippen LogP contribution in [0.4, 0.5) is 0 Å². The zero-order chi connectivity index (χ0) is 13.9. The fourth-order valence-electron chi connectivity index (χ4n) is 2.31. The van der Waals surface area contributed by atoms with Crippen LogP contribution in [0.15, 0.2) is 36.0 Å². The van der Waals surface area contributed by atoms with Crippen molar-refractivity contribution in [2.45, 2.75) is 13.0 Å². The Hall–Kier alpha value is -1.72. The summed E-state index contributed by atoms with van der Waals surface area (Å²) in [6.45, 7) is 3.83. The highest BCUT2D eigenvalue weighted by Crippen LogP contribution is 2.24. The minimum Gasteiger partial charge on any atom is -0.370 e. The SMILES string of the molecule is Cc1csc(C(=O)N2CCO[C@@H](c3ccncc3)C2)c1. The maximum absolute atomic E-state index is 12.5. The topological polar surface area (TPSA) is 42.4 Å². The summed E-state index contributed by atoms with van der Waals surface area (Å²) in [5.41, 5.74) is 2.21. The molecule has 0 aromatic carbocycles. The molecule has 0 saturated carbocycles. The van der Waals surface area contributed by atoms with Crippen LogP contribution >= 0.6 is 11.3 Å². The predicted molar refractivity (Wildman–Crippen MR) is 77.9 cm³/mol. The highest BCUT2D eigenvalue weighted by molar-refractivity contribution is 7.12. The van der Waals surface area contributed by atoms with Crippen molar-refractivity contribution in [1.29, 1.82) is 0 Å². The van der Waals surface area contributed by atoms with Gasteiger partial charge >= 0.3 is 0 Å². The molecule has 1 aliphatic heterocycles. The van der Waals surface area contributed by atoms with E-state index in [0.717, 1.165) is 16.0 Å². The van der Waals surface area contributed by atoms with Crippen molar-refractivity contribution in [2.24, 2.45) is 0 Å². The van der Waals surface area contributed by atoms with Crippen LogP contribution in [0.5, 0.6) is 0 Å². The number of nitrogens with zero attached hydrogens (tertiary/aromatic N) is 2. The zero-order valence-electron chi connectivity index (χ0n) is 11.3. The highest BCUT2D eigenvalue weighted by atomic mass is 32.1. The summed E-state index contributed by atoms with van der Waals surface area (Å²) in [4.78, 5) is 19.1. The molecule has 0 unspecified atom stereocenters. The third-order valence-electron chi connectivity index (χ3n) is 3.37. The van der Waals surface area contributed by atoms with E-state index in [1.807, 2.05) is 35.4 Å². The Bertz CT molecular complexity index is 597. The number of carbonyl (C=O) groups excluding carboxylic acids is 1. The van der Waals surface area contributed by atoms with Gasteiger partial charge in [0.05, 0.1) is 18.0 Å². The van der Waals surface area contributed by atoms with Gasteiger partial charge in [0.2, 0.25) is 0 Å². The molecule has 1 amide bonds. The molecule has 2 aromatic rings. The molecule has 0 spiro atoms. The van der Waals surface area contributed by atoms with Gasteiger partial charge in [-0.25, -0.2) is 0 Å². The third-order valence-corrected chi connectivity index (χ3v) is 4.41. The van der Waals surface area contributed by atoms with E-state index < -0.39 is 0 Å². The van der Waals surface area contributed by atoms with Gasteiger partial charge in [0.15, 0.2) is 0 Å². The fourth-order valence-corrected chi connectivity index (χ4v) is 3.18. The Labute approximate surface area is 122 Å². The van der Waals surface area contributed by atoms with E-state index in [2.05, 4.69) is 4.98 Å². The van der Waals surface area contributed by atoms with E-state index >= 15 is 0 Å². The van der Waals surface area contributed by atoms with Gasteiger partial charge in [0.1, 0.15) is 6.10 Å². The highest BCUT2D eigenvalue weighted by Gasteiger charge is 2.26. The number of ether oxygens (including phenoxy) is 1. The van der Waals surface area contributed by atoms with Gasteiger partial charge in [-0.3, -0.25) is 9.78 Å². The van der Waals surface area contributed by atoms with E-state index in [1.165, 1.54) is 11.3 Å². The average molecular weight is 288 g/mol. The van der Waals surface area contributed by atoms with Crippen LogP contribution in [0.25, 0.3) is 0 Å². The number of morpholine rings is 1. The Morgan fingerprint density at radius 3 is 2.95 bits per heavy atom. The van der Waals surface area contributed by atoms with Gasteiger partial charge < -0.3 is 9.64 Å². The Kier molecular flexibility index (Phi) is 3.80. The molecule has 1 aliphatic rings. The van der Waals surface area contributed by atoms with Crippen LogP contribution in [-0.2, 0) is 4.74 Å². The lowest BCUT2D eigenvalue weighted by molar-refractivity contribution is -0.0226. The molecule has 1 fully saturated rings. The van der Waals surface area contributed by atoms with Crippen molar-refractivity contribution in [1.82, 2.24) is 9.88 Å². The summed E-state index contributed by atoms with van der Waals surface area (Å²) in [7, 11) is 0. The summed E-state index contributed by atoms with van der Waals surface area (Å²) < 4.78 is 5.77. The van der Waals surface area contributed by atoms with Crippen LogP contribution in [0.2, 0.25) is 0 Å². The molecular weight excluding hydrogens is 272 g/mol. The lowest BCUT2D eigenvalue weighted by atomic mass is 10.1.